The van der Waals surface area contributed by atoms with E-state index >= 15 is 0 Å². The first-order chi connectivity index (χ1) is 14.0. The fourth-order valence-corrected chi connectivity index (χ4v) is 3.84. The van der Waals surface area contributed by atoms with Crippen LogP contribution >= 0.6 is 0 Å². The molecule has 2 saturated heterocycles. The molecule has 2 aliphatic rings. The minimum absolute atomic E-state index is 0.0327. The van der Waals surface area contributed by atoms with E-state index in [1.54, 1.807) is 11.9 Å². The molecule has 0 aliphatic carbocycles. The normalized spacial score (nSPS) is 22.8. The second-order valence-electron chi connectivity index (χ2n) is 7.71. The molecule has 2 aliphatic heterocycles. The van der Waals surface area contributed by atoms with Crippen molar-refractivity contribution >= 4 is 17.9 Å². The van der Waals surface area contributed by atoms with E-state index in [1.807, 2.05) is 0 Å². The Labute approximate surface area is 172 Å². The molecule has 0 aromatic heterocycles. The average molecular weight is 427 g/mol. The van der Waals surface area contributed by atoms with Crippen LogP contribution < -0.4 is 0 Å². The van der Waals surface area contributed by atoms with E-state index in [0.717, 1.165) is 12.1 Å². The van der Waals surface area contributed by atoms with Gasteiger partial charge in [-0.3, -0.25) is 9.59 Å². The van der Waals surface area contributed by atoms with Gasteiger partial charge < -0.3 is 19.4 Å². The number of nitrogens with zero attached hydrogens (tertiary/aromatic N) is 3. The van der Waals surface area contributed by atoms with Crippen LogP contribution in [0.1, 0.15) is 30.4 Å². The van der Waals surface area contributed by atoms with Gasteiger partial charge in [0, 0.05) is 39.5 Å². The molecular weight excluding hydrogens is 403 g/mol. The van der Waals surface area contributed by atoms with Crippen molar-refractivity contribution in [2.75, 3.05) is 39.8 Å². The summed E-state index contributed by atoms with van der Waals surface area (Å²) in [4.78, 5) is 40.9. The molecule has 0 radical (unpaired) electrons. The second-order valence-corrected chi connectivity index (χ2v) is 7.71. The fourth-order valence-electron chi connectivity index (χ4n) is 3.84. The standard InChI is InChI=1S/C20H24F3N3O4/c1-13(27)30-17-9-15(14-3-5-16(6-4-14)20(21,22)23)10-26(11-17)19(29)25-8-7-24(2)18(28)12-25/h3-6,15,17H,7-12H2,1-2H3. The molecule has 1 aromatic carbocycles. The van der Waals surface area contributed by atoms with Crippen LogP contribution in [-0.2, 0) is 20.5 Å². The molecule has 0 N–H and O–H groups in total. The Morgan fingerprint density at radius 3 is 2.30 bits per heavy atom. The number of hydrogen-bond donors (Lipinski definition) is 0. The summed E-state index contributed by atoms with van der Waals surface area (Å²) in [6.45, 7) is 2.50. The minimum atomic E-state index is -4.43. The van der Waals surface area contributed by atoms with Gasteiger partial charge in [-0.15, -0.1) is 0 Å². The maximum absolute atomic E-state index is 13.0. The maximum Gasteiger partial charge on any atom is 0.416 e. The van der Waals surface area contributed by atoms with Crippen LogP contribution in [0.15, 0.2) is 24.3 Å². The molecular formula is C20H24F3N3O4. The predicted molar refractivity (Wildman–Crippen MR) is 101 cm³/mol. The van der Waals surface area contributed by atoms with E-state index in [-0.39, 0.29) is 37.5 Å². The van der Waals surface area contributed by atoms with E-state index in [4.69, 9.17) is 4.74 Å². The topological polar surface area (TPSA) is 70.2 Å². The molecule has 1 aromatic rings. The first kappa shape index (κ1) is 21.9. The van der Waals surface area contributed by atoms with Crippen LogP contribution in [0, 0.1) is 0 Å². The molecule has 2 fully saturated rings. The number of piperazine rings is 1. The lowest BCUT2D eigenvalue weighted by molar-refractivity contribution is -0.148. The Bertz CT molecular complexity index is 813. The van der Waals surface area contributed by atoms with Crippen molar-refractivity contribution in [1.29, 1.82) is 0 Å². The number of alkyl halides is 3. The highest BCUT2D eigenvalue weighted by atomic mass is 19.4. The third-order valence-electron chi connectivity index (χ3n) is 5.45. The van der Waals surface area contributed by atoms with Gasteiger partial charge in [-0.25, -0.2) is 4.79 Å². The lowest BCUT2D eigenvalue weighted by Crippen LogP contribution is -2.57. The predicted octanol–water partition coefficient (Wildman–Crippen LogP) is 2.32. The first-order valence-electron chi connectivity index (χ1n) is 9.66. The number of amides is 3. The van der Waals surface area contributed by atoms with Gasteiger partial charge in [-0.05, 0) is 24.1 Å². The zero-order valence-electron chi connectivity index (χ0n) is 16.8. The molecule has 2 unspecified atom stereocenters. The zero-order valence-corrected chi connectivity index (χ0v) is 16.8. The summed E-state index contributed by atoms with van der Waals surface area (Å²) < 4.78 is 43.9. The molecule has 3 amide bonds. The van der Waals surface area contributed by atoms with Crippen LogP contribution in [-0.4, -0.2) is 78.5 Å². The van der Waals surface area contributed by atoms with E-state index in [0.29, 0.717) is 25.1 Å². The molecule has 30 heavy (non-hydrogen) atoms. The number of urea groups is 1. The van der Waals surface area contributed by atoms with Crippen LogP contribution in [0.25, 0.3) is 0 Å². The fraction of sp³-hybridized carbons (Fsp3) is 0.550. The number of likely N-dealkylation sites (N-methyl/N-ethyl adjacent to an activating group) is 1. The van der Waals surface area contributed by atoms with E-state index in [2.05, 4.69) is 0 Å². The average Bonchev–Trinajstić information content (AvgIpc) is 2.68. The van der Waals surface area contributed by atoms with Crippen LogP contribution in [0.5, 0.6) is 0 Å². The minimum Gasteiger partial charge on any atom is -0.461 e. The third kappa shape index (κ3) is 5.03. The number of carbonyl (C=O) groups excluding carboxylic acids is 3. The van der Waals surface area contributed by atoms with Crippen LogP contribution in [0.2, 0.25) is 0 Å². The number of benzene rings is 1. The molecule has 7 nitrogen and oxygen atoms in total. The van der Waals surface area contributed by atoms with Crippen molar-refractivity contribution in [3.05, 3.63) is 35.4 Å². The summed E-state index contributed by atoms with van der Waals surface area (Å²) in [5.41, 5.74) is -0.116. The van der Waals surface area contributed by atoms with Crippen molar-refractivity contribution in [2.24, 2.45) is 0 Å². The quantitative estimate of drug-likeness (QED) is 0.680. The summed E-state index contributed by atoms with van der Waals surface area (Å²) in [6.07, 6.45) is -4.60. The second kappa shape index (κ2) is 8.53. The Morgan fingerprint density at radius 1 is 1.07 bits per heavy atom. The van der Waals surface area contributed by atoms with Crippen LogP contribution in [0.3, 0.4) is 0 Å². The molecule has 10 heteroatoms. The van der Waals surface area contributed by atoms with Crippen LogP contribution in [0.4, 0.5) is 18.0 Å². The number of rotatable bonds is 2. The summed E-state index contributed by atoms with van der Waals surface area (Å²) in [6, 6.07) is 4.47. The molecule has 0 spiro atoms. The Kier molecular flexibility index (Phi) is 6.23. The Morgan fingerprint density at radius 2 is 1.73 bits per heavy atom. The number of carbonyl (C=O) groups is 3. The zero-order chi connectivity index (χ0) is 22.1. The molecule has 0 bridgehead atoms. The Hall–Kier alpha value is -2.78. The SMILES string of the molecule is CC(=O)OC1CC(c2ccc(C(F)(F)F)cc2)CN(C(=O)N2CCN(C)C(=O)C2)C1. The smallest absolute Gasteiger partial charge is 0.416 e. The van der Waals surface area contributed by atoms with Gasteiger partial charge in [0.15, 0.2) is 0 Å². The van der Waals surface area contributed by atoms with Gasteiger partial charge in [-0.2, -0.15) is 13.2 Å². The Balaban J connectivity index is 1.78. The number of halogens is 3. The van der Waals surface area contributed by atoms with Gasteiger partial charge in [0.05, 0.1) is 12.1 Å². The van der Waals surface area contributed by atoms with E-state index < -0.39 is 23.8 Å². The largest absolute Gasteiger partial charge is 0.461 e. The lowest BCUT2D eigenvalue weighted by Gasteiger charge is -2.41. The van der Waals surface area contributed by atoms with E-state index in [9.17, 15) is 27.6 Å². The summed E-state index contributed by atoms with van der Waals surface area (Å²) in [5, 5.41) is 0. The summed E-state index contributed by atoms with van der Waals surface area (Å²) >= 11 is 0. The molecule has 3 rings (SSSR count). The molecule has 164 valence electrons. The molecule has 2 atom stereocenters. The highest BCUT2D eigenvalue weighted by molar-refractivity contribution is 5.85. The van der Waals surface area contributed by atoms with Crippen molar-refractivity contribution in [2.45, 2.75) is 31.5 Å². The highest BCUT2D eigenvalue weighted by Gasteiger charge is 2.37. The summed E-state index contributed by atoms with van der Waals surface area (Å²) in [5.74, 6) is -0.949. The highest BCUT2D eigenvalue weighted by Crippen LogP contribution is 2.33. The van der Waals surface area contributed by atoms with Crippen molar-refractivity contribution in [1.82, 2.24) is 14.7 Å². The molecule has 0 saturated carbocycles. The van der Waals surface area contributed by atoms with Crippen molar-refractivity contribution in [3.8, 4) is 0 Å². The third-order valence-corrected chi connectivity index (χ3v) is 5.45. The lowest BCUT2D eigenvalue weighted by atomic mass is 9.88. The molecule has 2 heterocycles. The number of ether oxygens (including phenoxy) is 1. The number of piperidine rings is 1. The van der Waals surface area contributed by atoms with Crippen molar-refractivity contribution in [3.63, 3.8) is 0 Å². The van der Waals surface area contributed by atoms with Gasteiger partial charge in [0.1, 0.15) is 12.6 Å². The van der Waals surface area contributed by atoms with Crippen molar-refractivity contribution < 1.29 is 32.3 Å². The number of hydrogen-bond acceptors (Lipinski definition) is 4. The van der Waals surface area contributed by atoms with Gasteiger partial charge in [0.25, 0.3) is 0 Å². The van der Waals surface area contributed by atoms with Gasteiger partial charge >= 0.3 is 18.2 Å². The van der Waals surface area contributed by atoms with Gasteiger partial charge in [-0.1, -0.05) is 12.1 Å². The first-order valence-corrected chi connectivity index (χ1v) is 9.66. The monoisotopic (exact) mass is 427 g/mol. The number of esters is 1. The summed E-state index contributed by atoms with van der Waals surface area (Å²) in [7, 11) is 1.67. The maximum atomic E-state index is 13.0. The number of likely N-dealkylation sites (tertiary alicyclic amines) is 1. The van der Waals surface area contributed by atoms with Gasteiger partial charge in [0.2, 0.25) is 5.91 Å². The van der Waals surface area contributed by atoms with E-state index in [1.165, 1.54) is 28.9 Å².